The van der Waals surface area contributed by atoms with Crippen LogP contribution in [0, 0.1) is 0 Å². The lowest BCUT2D eigenvalue weighted by Crippen LogP contribution is -2.44. The van der Waals surface area contributed by atoms with Crippen LogP contribution in [0.1, 0.15) is 341 Å². The van der Waals surface area contributed by atoms with Gasteiger partial charge in [-0.05, 0) is 12.8 Å². The molecule has 0 heterocycles. The van der Waals surface area contributed by atoms with E-state index in [0.29, 0.717) is 17.4 Å². The SMILES string of the molecule is CCCCCCCCCCCCCCCCCCCCCCCCCCCCCCCCCCCCCCCCCC(=O)OC(COC(=O)CCCCCCCCCCCC)COC(OCC[N+](C)(C)C)C(=O)[O-]. The Kier molecular flexibility index (Phi) is 56.1. The number of carboxylic acids is 1. The molecule has 9 heteroatoms. The number of aliphatic carboxylic acids is 1. The number of rotatable bonds is 62. The van der Waals surface area contributed by atoms with Crippen LogP contribution in [-0.4, -0.2) is 82.3 Å². The van der Waals surface area contributed by atoms with Gasteiger partial charge in [-0.2, -0.15) is 0 Å². The summed E-state index contributed by atoms with van der Waals surface area (Å²) in [5.74, 6) is -2.26. The summed E-state index contributed by atoms with van der Waals surface area (Å²) >= 11 is 0. The molecule has 0 saturated heterocycles. The summed E-state index contributed by atoms with van der Waals surface area (Å²) in [6, 6.07) is 0. The van der Waals surface area contributed by atoms with Crippen LogP contribution in [0.2, 0.25) is 0 Å². The zero-order valence-electron chi connectivity index (χ0n) is 50.3. The van der Waals surface area contributed by atoms with E-state index in [1.54, 1.807) is 0 Å². The first-order valence-corrected chi connectivity index (χ1v) is 32.7. The molecule has 2 atom stereocenters. The number of carbonyl (C=O) groups is 3. The monoisotopic (exact) mass is 1050 g/mol. The molecule has 0 spiro atoms. The van der Waals surface area contributed by atoms with Gasteiger partial charge in [0.1, 0.15) is 13.2 Å². The Hall–Kier alpha value is -1.71. The molecule has 0 aromatic heterocycles. The van der Waals surface area contributed by atoms with Crippen molar-refractivity contribution in [2.75, 3.05) is 47.5 Å². The molecule has 0 radical (unpaired) electrons. The number of unbranched alkanes of at least 4 members (excludes halogenated alkanes) is 47. The first-order chi connectivity index (χ1) is 36.1. The predicted molar refractivity (Wildman–Crippen MR) is 311 cm³/mol. The first-order valence-electron chi connectivity index (χ1n) is 32.7. The van der Waals surface area contributed by atoms with Gasteiger partial charge in [0.15, 0.2) is 12.4 Å². The number of esters is 2. The topological polar surface area (TPSA) is 111 Å². The maximum atomic E-state index is 12.8. The molecule has 0 aromatic rings. The Morgan fingerprint density at radius 1 is 0.351 bits per heavy atom. The van der Waals surface area contributed by atoms with Crippen molar-refractivity contribution in [1.29, 1.82) is 0 Å². The minimum atomic E-state index is -1.61. The fourth-order valence-electron chi connectivity index (χ4n) is 10.1. The van der Waals surface area contributed by atoms with Gasteiger partial charge in [-0.25, -0.2) is 0 Å². The molecule has 0 amide bonds. The number of hydrogen-bond acceptors (Lipinski definition) is 8. The normalized spacial score (nSPS) is 12.6. The Morgan fingerprint density at radius 2 is 0.608 bits per heavy atom. The van der Waals surface area contributed by atoms with E-state index in [0.717, 1.165) is 38.5 Å². The van der Waals surface area contributed by atoms with Crippen LogP contribution < -0.4 is 5.11 Å². The quantitative estimate of drug-likeness (QED) is 0.0256. The van der Waals surface area contributed by atoms with Crippen molar-refractivity contribution in [3.8, 4) is 0 Å². The average molecular weight is 1050 g/mol. The van der Waals surface area contributed by atoms with E-state index >= 15 is 0 Å². The summed E-state index contributed by atoms with van der Waals surface area (Å²) in [4.78, 5) is 37.1. The highest BCUT2D eigenvalue weighted by Gasteiger charge is 2.22. The summed E-state index contributed by atoms with van der Waals surface area (Å²) in [6.45, 7) is 4.79. The van der Waals surface area contributed by atoms with E-state index in [9.17, 15) is 19.5 Å². The fourth-order valence-corrected chi connectivity index (χ4v) is 10.1. The van der Waals surface area contributed by atoms with Crippen LogP contribution in [0.25, 0.3) is 0 Å². The van der Waals surface area contributed by atoms with Crippen LogP contribution in [0.5, 0.6) is 0 Å². The number of nitrogens with zero attached hydrogens (tertiary/aromatic N) is 1. The van der Waals surface area contributed by atoms with Gasteiger partial charge in [0.25, 0.3) is 0 Å². The number of ether oxygens (including phenoxy) is 4. The van der Waals surface area contributed by atoms with Crippen molar-refractivity contribution in [2.24, 2.45) is 0 Å². The Bertz CT molecular complexity index is 1180. The van der Waals surface area contributed by atoms with Crippen molar-refractivity contribution in [1.82, 2.24) is 0 Å². The van der Waals surface area contributed by atoms with Crippen molar-refractivity contribution in [3.63, 3.8) is 0 Å². The smallest absolute Gasteiger partial charge is 0.306 e. The Morgan fingerprint density at radius 3 is 0.865 bits per heavy atom. The van der Waals surface area contributed by atoms with Crippen molar-refractivity contribution >= 4 is 17.9 Å². The third-order valence-corrected chi connectivity index (χ3v) is 15.1. The van der Waals surface area contributed by atoms with Crippen molar-refractivity contribution in [2.45, 2.75) is 354 Å². The van der Waals surface area contributed by atoms with E-state index in [4.69, 9.17) is 18.9 Å². The molecule has 0 bridgehead atoms. The number of hydrogen-bond donors (Lipinski definition) is 0. The molecule has 0 aromatic carbocycles. The molecule has 0 rings (SSSR count). The molecule has 0 aliphatic heterocycles. The summed E-state index contributed by atoms with van der Waals surface area (Å²) in [5, 5.41) is 11.7. The minimum absolute atomic E-state index is 0.153. The van der Waals surface area contributed by atoms with E-state index in [1.807, 2.05) is 21.1 Å². The van der Waals surface area contributed by atoms with Crippen LogP contribution in [0.15, 0.2) is 0 Å². The molecule has 9 nitrogen and oxygen atoms in total. The highest BCUT2D eigenvalue weighted by Crippen LogP contribution is 2.19. The molecule has 74 heavy (non-hydrogen) atoms. The number of carboxylic acid groups (broad SMARTS) is 1. The second-order valence-corrected chi connectivity index (χ2v) is 23.8. The summed E-state index contributed by atoms with van der Waals surface area (Å²) in [5.41, 5.74) is 0. The zero-order chi connectivity index (χ0) is 54.1. The minimum Gasteiger partial charge on any atom is -0.545 e. The molecule has 2 unspecified atom stereocenters. The third-order valence-electron chi connectivity index (χ3n) is 15.1. The second kappa shape index (κ2) is 57.5. The number of quaternary nitrogens is 1. The van der Waals surface area contributed by atoms with E-state index in [-0.39, 0.29) is 32.2 Å². The van der Waals surface area contributed by atoms with Gasteiger partial charge >= 0.3 is 11.9 Å². The summed E-state index contributed by atoms with van der Waals surface area (Å²) in [7, 11) is 5.93. The van der Waals surface area contributed by atoms with Gasteiger partial charge in [-0.15, -0.1) is 0 Å². The lowest BCUT2D eigenvalue weighted by molar-refractivity contribution is -0.870. The maximum Gasteiger partial charge on any atom is 0.306 e. The Labute approximate surface area is 460 Å². The third kappa shape index (κ3) is 58.0. The van der Waals surface area contributed by atoms with Gasteiger partial charge in [0.2, 0.25) is 0 Å². The first kappa shape index (κ1) is 72.3. The van der Waals surface area contributed by atoms with Crippen molar-refractivity contribution in [3.05, 3.63) is 0 Å². The van der Waals surface area contributed by atoms with Gasteiger partial charge in [-0.3, -0.25) is 9.59 Å². The molecule has 0 saturated carbocycles. The molecular formula is C65H127NO8. The van der Waals surface area contributed by atoms with Crippen LogP contribution in [0.4, 0.5) is 0 Å². The predicted octanol–water partition coefficient (Wildman–Crippen LogP) is 18.2. The van der Waals surface area contributed by atoms with E-state index < -0.39 is 24.3 Å². The molecule has 0 aliphatic carbocycles. The van der Waals surface area contributed by atoms with Gasteiger partial charge < -0.3 is 33.3 Å². The summed E-state index contributed by atoms with van der Waals surface area (Å²) in [6.07, 6.45) is 63.7. The lowest BCUT2D eigenvalue weighted by atomic mass is 10.0. The van der Waals surface area contributed by atoms with Crippen LogP contribution >= 0.6 is 0 Å². The Balaban J connectivity index is 3.82. The number of carbonyl (C=O) groups excluding carboxylic acids is 3. The highest BCUT2D eigenvalue weighted by molar-refractivity contribution is 5.70. The van der Waals surface area contributed by atoms with Crippen LogP contribution in [0.3, 0.4) is 0 Å². The fraction of sp³-hybridized carbons (Fsp3) is 0.954. The van der Waals surface area contributed by atoms with Crippen LogP contribution in [-0.2, 0) is 33.3 Å². The molecule has 0 aliphatic rings. The van der Waals surface area contributed by atoms with E-state index in [2.05, 4.69) is 13.8 Å². The number of likely N-dealkylation sites (N-methyl/N-ethyl adjacent to an activating group) is 1. The van der Waals surface area contributed by atoms with Crippen molar-refractivity contribution < 1.29 is 42.9 Å². The van der Waals surface area contributed by atoms with E-state index in [1.165, 1.54) is 276 Å². The highest BCUT2D eigenvalue weighted by atomic mass is 16.7. The van der Waals surface area contributed by atoms with Gasteiger partial charge in [0.05, 0.1) is 40.3 Å². The maximum absolute atomic E-state index is 12.8. The van der Waals surface area contributed by atoms with Gasteiger partial charge in [0, 0.05) is 12.8 Å². The molecular weight excluding hydrogens is 923 g/mol. The summed E-state index contributed by atoms with van der Waals surface area (Å²) < 4.78 is 22.7. The zero-order valence-corrected chi connectivity index (χ0v) is 50.3. The molecule has 0 N–H and O–H groups in total. The lowest BCUT2D eigenvalue weighted by Gasteiger charge is -2.26. The second-order valence-electron chi connectivity index (χ2n) is 23.8. The largest absolute Gasteiger partial charge is 0.545 e. The molecule has 440 valence electrons. The molecule has 0 fully saturated rings. The average Bonchev–Trinajstić information content (AvgIpc) is 3.37. The van der Waals surface area contributed by atoms with Gasteiger partial charge in [-0.1, -0.05) is 316 Å². The standard InChI is InChI=1S/C65H127NO8/c1-6-8-10-12-14-16-18-19-20-21-22-23-24-25-26-27-28-29-30-31-32-33-34-35-36-37-38-39-40-41-42-43-44-45-46-48-50-52-54-56-63(68)74-61(60-73-65(64(69)70)71-58-57-66(3,4)5)59-72-62(67)55-53-51-49-47-17-15-13-11-9-7-2/h61,65H,6-60H2,1-5H3.